The van der Waals surface area contributed by atoms with Crippen molar-refractivity contribution in [1.82, 2.24) is 19.3 Å². The van der Waals surface area contributed by atoms with Crippen LogP contribution in [-0.4, -0.2) is 41.0 Å². The van der Waals surface area contributed by atoms with Crippen molar-refractivity contribution in [1.29, 1.82) is 0 Å². The number of nitrogen functional groups attached to an aromatic ring is 1. The van der Waals surface area contributed by atoms with E-state index in [1.165, 1.54) is 0 Å². The molecule has 0 saturated heterocycles. The van der Waals surface area contributed by atoms with E-state index >= 15 is 0 Å². The van der Waals surface area contributed by atoms with E-state index in [9.17, 15) is 13.2 Å². The van der Waals surface area contributed by atoms with E-state index in [0.29, 0.717) is 37.5 Å². The van der Waals surface area contributed by atoms with E-state index < -0.39 is 15.4 Å². The van der Waals surface area contributed by atoms with Crippen LogP contribution in [0.1, 0.15) is 71.5 Å². The highest BCUT2D eigenvalue weighted by Crippen LogP contribution is 2.64. The second kappa shape index (κ2) is 9.66. The number of nitrogens with two attached hydrogens (primary N) is 1. The lowest BCUT2D eigenvalue weighted by atomic mass is 9.70. The normalized spacial score (nSPS) is 23.0. The first-order valence-electron chi connectivity index (χ1n) is 13.6. The molecule has 0 amide bonds. The van der Waals surface area contributed by atoms with Crippen LogP contribution in [0.3, 0.4) is 0 Å². The van der Waals surface area contributed by atoms with Gasteiger partial charge in [0.2, 0.25) is 10.0 Å². The SMILES string of the molecule is CCCCc1nc2c(N)nc3ccccc3c2n1CCCCNS(=O)(=O)C[C@]12CC[C@@H](CC1=O)C2(C)C. The summed E-state index contributed by atoms with van der Waals surface area (Å²) in [6, 6.07) is 7.97. The summed E-state index contributed by atoms with van der Waals surface area (Å²) in [6.45, 7) is 7.39. The van der Waals surface area contributed by atoms with Crippen LogP contribution in [0.15, 0.2) is 24.3 Å². The van der Waals surface area contributed by atoms with Crippen molar-refractivity contribution in [3.8, 4) is 0 Å². The number of nitrogens with one attached hydrogen (secondary N) is 1. The monoisotopic (exact) mass is 525 g/mol. The fraction of sp³-hybridized carbons (Fsp3) is 0.607. The van der Waals surface area contributed by atoms with E-state index in [0.717, 1.165) is 66.4 Å². The average molecular weight is 526 g/mol. The van der Waals surface area contributed by atoms with Gasteiger partial charge in [0.05, 0.1) is 16.8 Å². The maximum absolute atomic E-state index is 13.0. The molecular formula is C28H39N5O3S. The summed E-state index contributed by atoms with van der Waals surface area (Å²) in [5.74, 6) is 1.79. The maximum atomic E-state index is 13.0. The number of benzene rings is 1. The summed E-state index contributed by atoms with van der Waals surface area (Å²) in [7, 11) is -3.55. The summed E-state index contributed by atoms with van der Waals surface area (Å²) in [6.07, 6.45) is 6.60. The number of pyridine rings is 1. The van der Waals surface area contributed by atoms with Crippen molar-refractivity contribution in [3.05, 3.63) is 30.1 Å². The number of aryl methyl sites for hydroxylation is 2. The summed E-state index contributed by atoms with van der Waals surface area (Å²) in [5, 5.41) is 1.03. The molecule has 2 aliphatic carbocycles. The molecule has 3 N–H and O–H groups in total. The van der Waals surface area contributed by atoms with E-state index in [2.05, 4.69) is 41.1 Å². The first kappa shape index (κ1) is 26.1. The Morgan fingerprint density at radius 1 is 1.16 bits per heavy atom. The van der Waals surface area contributed by atoms with Gasteiger partial charge in [0, 0.05) is 36.7 Å². The second-order valence-electron chi connectivity index (χ2n) is 11.5. The molecule has 3 aromatic rings. The molecule has 2 aromatic heterocycles. The number of Topliss-reactive ketones (excluding diaryl/α,β-unsaturated/α-hetero) is 1. The van der Waals surface area contributed by atoms with Crippen molar-refractivity contribution in [3.63, 3.8) is 0 Å². The Morgan fingerprint density at radius 3 is 2.65 bits per heavy atom. The molecule has 2 atom stereocenters. The molecule has 200 valence electrons. The third-order valence-electron chi connectivity index (χ3n) is 9.15. The van der Waals surface area contributed by atoms with Crippen molar-refractivity contribution in [2.24, 2.45) is 16.7 Å². The number of anilines is 1. The highest BCUT2D eigenvalue weighted by atomic mass is 32.2. The Balaban J connectivity index is 1.28. The predicted molar refractivity (Wildman–Crippen MR) is 148 cm³/mol. The Kier molecular flexibility index (Phi) is 6.81. The minimum atomic E-state index is -3.55. The standard InChI is InChI=1S/C28H39N5O3S/c1-4-5-12-23-32-24-25(20-10-6-7-11-21(20)31-26(24)29)33(23)16-9-8-15-30-37(35,36)18-28-14-13-19(17-22(28)34)27(28,2)3/h6-7,10-11,19,30H,4-5,8-9,12-18H2,1-3H3,(H2,29,31)/t19-,28+/m0/s1. The molecule has 0 unspecified atom stereocenters. The van der Waals surface area contributed by atoms with Crippen molar-refractivity contribution < 1.29 is 13.2 Å². The minimum absolute atomic E-state index is 0.0894. The number of hydrogen-bond acceptors (Lipinski definition) is 6. The fourth-order valence-corrected chi connectivity index (χ4v) is 8.66. The van der Waals surface area contributed by atoms with Gasteiger partial charge in [-0.25, -0.2) is 23.1 Å². The van der Waals surface area contributed by atoms with Gasteiger partial charge in [-0.2, -0.15) is 0 Å². The molecule has 0 radical (unpaired) electrons. The van der Waals surface area contributed by atoms with Crippen molar-refractivity contribution in [2.45, 2.75) is 78.7 Å². The number of sulfonamides is 1. The summed E-state index contributed by atoms with van der Waals surface area (Å²) < 4.78 is 31.1. The van der Waals surface area contributed by atoms with Crippen LogP contribution in [0.4, 0.5) is 5.82 Å². The van der Waals surface area contributed by atoms with Crippen molar-refractivity contribution in [2.75, 3.05) is 18.0 Å². The van der Waals surface area contributed by atoms with Crippen LogP contribution in [-0.2, 0) is 27.8 Å². The quantitative estimate of drug-likeness (QED) is 0.353. The lowest BCUT2D eigenvalue weighted by Crippen LogP contribution is -2.45. The van der Waals surface area contributed by atoms with Gasteiger partial charge in [-0.05, 0) is 49.5 Å². The van der Waals surface area contributed by atoms with E-state index in [4.69, 9.17) is 10.7 Å². The number of nitrogens with zero attached hydrogens (tertiary/aromatic N) is 3. The molecule has 2 heterocycles. The lowest BCUT2D eigenvalue weighted by molar-refractivity contribution is -0.128. The molecule has 9 heteroatoms. The molecule has 2 aliphatic rings. The molecule has 2 saturated carbocycles. The topological polar surface area (TPSA) is 120 Å². The molecule has 2 fully saturated rings. The lowest BCUT2D eigenvalue weighted by Gasteiger charge is -2.36. The zero-order valence-electron chi connectivity index (χ0n) is 22.2. The average Bonchev–Trinajstić information content (AvgIpc) is 3.39. The van der Waals surface area contributed by atoms with E-state index in [1.807, 2.05) is 18.2 Å². The van der Waals surface area contributed by atoms with Crippen LogP contribution >= 0.6 is 0 Å². The minimum Gasteiger partial charge on any atom is -0.382 e. The zero-order valence-corrected chi connectivity index (χ0v) is 23.0. The van der Waals surface area contributed by atoms with Crippen LogP contribution in [0.5, 0.6) is 0 Å². The molecule has 8 nitrogen and oxygen atoms in total. The number of unbranched alkanes of at least 4 members (excludes halogenated alkanes) is 2. The number of imidazole rings is 1. The Morgan fingerprint density at radius 2 is 1.95 bits per heavy atom. The highest BCUT2D eigenvalue weighted by Gasteiger charge is 2.65. The smallest absolute Gasteiger partial charge is 0.212 e. The first-order chi connectivity index (χ1) is 17.6. The van der Waals surface area contributed by atoms with Gasteiger partial charge in [0.25, 0.3) is 0 Å². The number of rotatable bonds is 11. The molecule has 2 bridgehead atoms. The number of carbonyl (C=O) groups is 1. The van der Waals surface area contributed by atoms with Crippen LogP contribution < -0.4 is 10.5 Å². The van der Waals surface area contributed by atoms with E-state index in [-0.39, 0.29) is 17.0 Å². The highest BCUT2D eigenvalue weighted by molar-refractivity contribution is 7.89. The first-order valence-corrected chi connectivity index (χ1v) is 15.3. The Labute approximate surface area is 219 Å². The van der Waals surface area contributed by atoms with Gasteiger partial charge in [-0.15, -0.1) is 0 Å². The van der Waals surface area contributed by atoms with Gasteiger partial charge >= 0.3 is 0 Å². The third kappa shape index (κ3) is 4.44. The largest absolute Gasteiger partial charge is 0.382 e. The summed E-state index contributed by atoms with van der Waals surface area (Å²) >= 11 is 0. The number of carbonyl (C=O) groups excluding carboxylic acids is 1. The molecule has 0 spiro atoms. The number of para-hydroxylation sites is 1. The molecule has 37 heavy (non-hydrogen) atoms. The zero-order chi connectivity index (χ0) is 26.4. The number of hydrogen-bond donors (Lipinski definition) is 2. The Bertz CT molecular complexity index is 1450. The third-order valence-corrected chi connectivity index (χ3v) is 10.7. The predicted octanol–water partition coefficient (Wildman–Crippen LogP) is 4.60. The number of fused-ring (bicyclic) bond motifs is 5. The van der Waals surface area contributed by atoms with Gasteiger partial charge in [-0.3, -0.25) is 4.79 Å². The van der Waals surface area contributed by atoms with Crippen molar-refractivity contribution >= 4 is 43.6 Å². The summed E-state index contributed by atoms with van der Waals surface area (Å²) in [4.78, 5) is 22.2. The molecule has 1 aromatic carbocycles. The number of ketones is 1. The summed E-state index contributed by atoms with van der Waals surface area (Å²) in [5.41, 5.74) is 7.90. The molecular weight excluding hydrogens is 486 g/mol. The van der Waals surface area contributed by atoms with Gasteiger partial charge in [0.1, 0.15) is 17.1 Å². The van der Waals surface area contributed by atoms with Crippen LogP contribution in [0, 0.1) is 16.7 Å². The number of aromatic nitrogens is 3. The van der Waals surface area contributed by atoms with E-state index in [1.54, 1.807) is 0 Å². The maximum Gasteiger partial charge on any atom is 0.212 e. The molecule has 5 rings (SSSR count). The van der Waals surface area contributed by atoms with Crippen LogP contribution in [0.2, 0.25) is 0 Å². The van der Waals surface area contributed by atoms with Crippen LogP contribution in [0.25, 0.3) is 21.9 Å². The molecule has 0 aliphatic heterocycles. The second-order valence-corrected chi connectivity index (χ2v) is 13.3. The van der Waals surface area contributed by atoms with Gasteiger partial charge in [-0.1, -0.05) is 45.4 Å². The fourth-order valence-electron chi connectivity index (χ4n) is 6.78. The Hall–Kier alpha value is -2.52. The van der Waals surface area contributed by atoms with Gasteiger partial charge < -0.3 is 10.3 Å². The van der Waals surface area contributed by atoms with Gasteiger partial charge in [0.15, 0.2) is 5.82 Å².